The predicted molar refractivity (Wildman–Crippen MR) is 77.2 cm³/mol. The van der Waals surface area contributed by atoms with Crippen molar-refractivity contribution in [3.63, 3.8) is 0 Å². The number of benzene rings is 1. The van der Waals surface area contributed by atoms with Crippen molar-refractivity contribution in [2.24, 2.45) is 11.7 Å². The number of primary amides is 1. The topological polar surface area (TPSA) is 75.4 Å². The molecule has 1 heterocycles. The highest BCUT2D eigenvalue weighted by molar-refractivity contribution is 6.31. The Balaban J connectivity index is 1.89. The lowest BCUT2D eigenvalue weighted by Gasteiger charge is -2.30. The van der Waals surface area contributed by atoms with E-state index in [1.807, 2.05) is 18.2 Å². The molecule has 1 unspecified atom stereocenters. The summed E-state index contributed by atoms with van der Waals surface area (Å²) in [7, 11) is 0. The number of carbonyl (C=O) groups is 2. The van der Waals surface area contributed by atoms with Crippen LogP contribution in [0.5, 0.6) is 0 Å². The Hall–Kier alpha value is -1.75. The summed E-state index contributed by atoms with van der Waals surface area (Å²) >= 11 is 6.04. The van der Waals surface area contributed by atoms with Gasteiger partial charge in [-0.15, -0.1) is 0 Å². The Morgan fingerprint density at radius 2 is 2.15 bits per heavy atom. The smallest absolute Gasteiger partial charge is 0.314 e. The Bertz CT molecular complexity index is 507. The molecule has 6 heteroatoms. The minimum Gasteiger partial charge on any atom is -0.352 e. The van der Waals surface area contributed by atoms with Crippen molar-refractivity contribution in [2.45, 2.75) is 19.4 Å². The molecule has 1 aliphatic rings. The van der Waals surface area contributed by atoms with Gasteiger partial charge in [-0.05, 0) is 24.5 Å². The number of urea groups is 1. The van der Waals surface area contributed by atoms with Crippen molar-refractivity contribution < 1.29 is 9.59 Å². The number of halogens is 1. The zero-order valence-corrected chi connectivity index (χ0v) is 11.9. The molecule has 5 nitrogen and oxygen atoms in total. The number of nitrogens with two attached hydrogens (primary N) is 1. The summed E-state index contributed by atoms with van der Waals surface area (Å²) in [4.78, 5) is 24.8. The van der Waals surface area contributed by atoms with E-state index in [0.717, 1.165) is 18.4 Å². The van der Waals surface area contributed by atoms with Crippen molar-refractivity contribution in [3.8, 4) is 0 Å². The van der Waals surface area contributed by atoms with Crippen molar-refractivity contribution in [2.75, 3.05) is 13.1 Å². The number of likely N-dealkylation sites (tertiary alicyclic amines) is 1. The third kappa shape index (κ3) is 3.63. The third-order valence-corrected chi connectivity index (χ3v) is 3.88. The van der Waals surface area contributed by atoms with Crippen molar-refractivity contribution >= 4 is 23.5 Å². The first-order chi connectivity index (χ1) is 9.58. The lowest BCUT2D eigenvalue weighted by atomic mass is 9.97. The second kappa shape index (κ2) is 6.61. The molecule has 20 heavy (non-hydrogen) atoms. The summed E-state index contributed by atoms with van der Waals surface area (Å²) in [6.07, 6.45) is 1.57. The molecule has 0 spiro atoms. The second-order valence-electron chi connectivity index (χ2n) is 4.93. The summed E-state index contributed by atoms with van der Waals surface area (Å²) < 4.78 is 0. The number of amides is 3. The normalized spacial score (nSPS) is 18.6. The molecule has 3 amide bonds. The first-order valence-electron chi connectivity index (χ1n) is 6.63. The molecule has 1 aliphatic heterocycles. The highest BCUT2D eigenvalue weighted by Gasteiger charge is 2.27. The molecule has 1 atom stereocenters. The van der Waals surface area contributed by atoms with E-state index in [1.54, 1.807) is 6.07 Å². The fourth-order valence-electron chi connectivity index (χ4n) is 2.36. The van der Waals surface area contributed by atoms with Gasteiger partial charge in [0.05, 0.1) is 5.92 Å². The number of carbonyl (C=O) groups excluding carboxylic acids is 2. The molecule has 0 bridgehead atoms. The van der Waals surface area contributed by atoms with E-state index in [1.165, 1.54) is 4.90 Å². The lowest BCUT2D eigenvalue weighted by molar-refractivity contribution is -0.126. The highest BCUT2D eigenvalue weighted by Crippen LogP contribution is 2.18. The fraction of sp³-hybridized carbons (Fsp3) is 0.429. The summed E-state index contributed by atoms with van der Waals surface area (Å²) in [5.74, 6) is -0.255. The molecule has 0 saturated carbocycles. The zero-order valence-electron chi connectivity index (χ0n) is 11.1. The molecule has 1 fully saturated rings. The third-order valence-electron chi connectivity index (χ3n) is 3.51. The standard InChI is InChI=1S/C14H18ClN3O2/c15-12-6-2-1-4-10(12)8-17-13(19)11-5-3-7-18(9-11)14(16)20/h1-2,4,6,11H,3,5,7-9H2,(H2,16,20)(H,17,19). The van der Waals surface area contributed by atoms with Crippen LogP contribution in [-0.2, 0) is 11.3 Å². The maximum absolute atomic E-state index is 12.1. The van der Waals surface area contributed by atoms with Crippen molar-refractivity contribution in [1.82, 2.24) is 10.2 Å². The molecular weight excluding hydrogens is 278 g/mol. The molecule has 1 aromatic carbocycles. The van der Waals surface area contributed by atoms with Crippen LogP contribution in [0.25, 0.3) is 0 Å². The predicted octanol–water partition coefficient (Wildman–Crippen LogP) is 1.75. The first-order valence-corrected chi connectivity index (χ1v) is 7.01. The second-order valence-corrected chi connectivity index (χ2v) is 5.34. The van der Waals surface area contributed by atoms with E-state index in [9.17, 15) is 9.59 Å². The van der Waals surface area contributed by atoms with Gasteiger partial charge in [-0.25, -0.2) is 4.79 Å². The Morgan fingerprint density at radius 1 is 1.40 bits per heavy atom. The van der Waals surface area contributed by atoms with Gasteiger partial charge in [0.2, 0.25) is 5.91 Å². The monoisotopic (exact) mass is 295 g/mol. The quantitative estimate of drug-likeness (QED) is 0.891. The van der Waals surface area contributed by atoms with E-state index >= 15 is 0 Å². The van der Waals surface area contributed by atoms with Gasteiger partial charge >= 0.3 is 6.03 Å². The Morgan fingerprint density at radius 3 is 2.85 bits per heavy atom. The molecule has 3 N–H and O–H groups in total. The van der Waals surface area contributed by atoms with Crippen molar-refractivity contribution in [3.05, 3.63) is 34.9 Å². The summed E-state index contributed by atoms with van der Waals surface area (Å²) in [5.41, 5.74) is 6.13. The number of hydrogen-bond donors (Lipinski definition) is 2. The lowest BCUT2D eigenvalue weighted by Crippen LogP contribution is -2.47. The van der Waals surface area contributed by atoms with Gasteiger partial charge in [-0.2, -0.15) is 0 Å². The Kier molecular flexibility index (Phi) is 4.84. The summed E-state index contributed by atoms with van der Waals surface area (Å²) in [5, 5.41) is 3.50. The fourth-order valence-corrected chi connectivity index (χ4v) is 2.56. The van der Waals surface area contributed by atoms with Crippen LogP contribution in [0.4, 0.5) is 4.79 Å². The minimum absolute atomic E-state index is 0.0594. The van der Waals surface area contributed by atoms with Crippen LogP contribution < -0.4 is 11.1 Å². The SMILES string of the molecule is NC(=O)N1CCCC(C(=O)NCc2ccccc2Cl)C1. The summed E-state index contributed by atoms with van der Waals surface area (Å²) in [6.45, 7) is 1.42. The maximum Gasteiger partial charge on any atom is 0.314 e. The van der Waals surface area contributed by atoms with Gasteiger partial charge in [0.1, 0.15) is 0 Å². The highest BCUT2D eigenvalue weighted by atomic mass is 35.5. The molecule has 1 aromatic rings. The average molecular weight is 296 g/mol. The number of rotatable bonds is 3. The maximum atomic E-state index is 12.1. The average Bonchev–Trinajstić information content (AvgIpc) is 2.46. The largest absolute Gasteiger partial charge is 0.352 e. The molecule has 0 radical (unpaired) electrons. The van der Waals surface area contributed by atoms with Gasteiger partial charge in [-0.3, -0.25) is 4.79 Å². The molecule has 2 rings (SSSR count). The van der Waals surface area contributed by atoms with E-state index in [-0.39, 0.29) is 11.8 Å². The number of nitrogens with one attached hydrogen (secondary N) is 1. The number of hydrogen-bond acceptors (Lipinski definition) is 2. The molecular formula is C14H18ClN3O2. The van der Waals surface area contributed by atoms with Crippen LogP contribution in [0.1, 0.15) is 18.4 Å². The van der Waals surface area contributed by atoms with Gasteiger partial charge in [0, 0.05) is 24.7 Å². The van der Waals surface area contributed by atoms with Gasteiger partial charge in [-0.1, -0.05) is 29.8 Å². The Labute approximate surface area is 123 Å². The van der Waals surface area contributed by atoms with Crippen LogP contribution in [-0.4, -0.2) is 29.9 Å². The van der Waals surface area contributed by atoms with Crippen molar-refractivity contribution in [1.29, 1.82) is 0 Å². The van der Waals surface area contributed by atoms with Crippen LogP contribution in [0.15, 0.2) is 24.3 Å². The molecule has 108 valence electrons. The number of piperidine rings is 1. The van der Waals surface area contributed by atoms with E-state index in [4.69, 9.17) is 17.3 Å². The molecule has 0 aliphatic carbocycles. The van der Waals surface area contributed by atoms with Crippen LogP contribution >= 0.6 is 11.6 Å². The number of nitrogens with zero attached hydrogens (tertiary/aromatic N) is 1. The first kappa shape index (κ1) is 14.7. The van der Waals surface area contributed by atoms with Gasteiger partial charge in [0.25, 0.3) is 0 Å². The molecule has 0 aromatic heterocycles. The van der Waals surface area contributed by atoms with Gasteiger partial charge < -0.3 is 16.0 Å². The molecule has 1 saturated heterocycles. The van der Waals surface area contributed by atoms with Gasteiger partial charge in [0.15, 0.2) is 0 Å². The zero-order chi connectivity index (χ0) is 14.5. The van der Waals surface area contributed by atoms with E-state index in [2.05, 4.69) is 5.32 Å². The van der Waals surface area contributed by atoms with Crippen LogP contribution in [0.3, 0.4) is 0 Å². The summed E-state index contributed by atoms with van der Waals surface area (Å²) in [6, 6.07) is 6.92. The van der Waals surface area contributed by atoms with Crippen LogP contribution in [0, 0.1) is 5.92 Å². The van der Waals surface area contributed by atoms with E-state index in [0.29, 0.717) is 24.7 Å². The van der Waals surface area contributed by atoms with E-state index < -0.39 is 6.03 Å². The van der Waals surface area contributed by atoms with Crippen LogP contribution in [0.2, 0.25) is 5.02 Å². The minimum atomic E-state index is -0.464.